The van der Waals surface area contributed by atoms with Gasteiger partial charge in [-0.05, 0) is 24.1 Å². The standard InChI is InChI=1S/C11H13ClN2O/c1-8-14-10-3-2-9(4-5-13-7-12)6-11(10)15-8/h2-3,6,13H,4-5,7H2,1H3. The van der Waals surface area contributed by atoms with Crippen LogP contribution in [-0.2, 0) is 6.42 Å². The summed E-state index contributed by atoms with van der Waals surface area (Å²) in [4.78, 5) is 4.25. The van der Waals surface area contributed by atoms with Gasteiger partial charge in [0.05, 0.1) is 6.00 Å². The number of nitrogens with zero attached hydrogens (tertiary/aromatic N) is 1. The second-order valence-corrected chi connectivity index (χ2v) is 3.69. The van der Waals surface area contributed by atoms with E-state index in [4.69, 9.17) is 16.0 Å². The Kier molecular flexibility index (Phi) is 3.23. The maximum Gasteiger partial charge on any atom is 0.192 e. The summed E-state index contributed by atoms with van der Waals surface area (Å²) in [5, 5.41) is 3.07. The number of aromatic nitrogens is 1. The maximum absolute atomic E-state index is 5.53. The van der Waals surface area contributed by atoms with Gasteiger partial charge in [-0.2, -0.15) is 0 Å². The Labute approximate surface area is 93.4 Å². The van der Waals surface area contributed by atoms with E-state index in [1.807, 2.05) is 19.1 Å². The van der Waals surface area contributed by atoms with Crippen LogP contribution in [0.5, 0.6) is 0 Å². The number of hydrogen-bond donors (Lipinski definition) is 1. The number of nitrogens with one attached hydrogen (secondary N) is 1. The first-order valence-corrected chi connectivity index (χ1v) is 5.46. The predicted octanol–water partition coefficient (Wildman–Crippen LogP) is 2.46. The van der Waals surface area contributed by atoms with Gasteiger partial charge in [0, 0.05) is 13.5 Å². The molecule has 0 amide bonds. The molecule has 1 heterocycles. The van der Waals surface area contributed by atoms with Crippen molar-refractivity contribution in [3.05, 3.63) is 29.7 Å². The fourth-order valence-electron chi connectivity index (χ4n) is 1.54. The molecular weight excluding hydrogens is 212 g/mol. The molecule has 0 aliphatic carbocycles. The smallest absolute Gasteiger partial charge is 0.192 e. The monoisotopic (exact) mass is 224 g/mol. The summed E-state index contributed by atoms with van der Waals surface area (Å²) < 4.78 is 5.46. The van der Waals surface area contributed by atoms with Gasteiger partial charge in [0.15, 0.2) is 11.5 Å². The zero-order chi connectivity index (χ0) is 10.7. The third kappa shape index (κ3) is 2.49. The SMILES string of the molecule is Cc1nc2ccc(CCNCCl)cc2o1. The lowest BCUT2D eigenvalue weighted by molar-refractivity contribution is 0.560. The van der Waals surface area contributed by atoms with Gasteiger partial charge in [0.2, 0.25) is 0 Å². The molecule has 0 spiro atoms. The minimum Gasteiger partial charge on any atom is -0.441 e. The van der Waals surface area contributed by atoms with Gasteiger partial charge in [-0.15, -0.1) is 11.6 Å². The molecule has 0 saturated carbocycles. The first-order chi connectivity index (χ1) is 7.29. The molecular formula is C11H13ClN2O. The number of oxazole rings is 1. The second kappa shape index (κ2) is 4.64. The molecule has 0 unspecified atom stereocenters. The highest BCUT2D eigenvalue weighted by atomic mass is 35.5. The Hall–Kier alpha value is -1.06. The number of benzene rings is 1. The quantitative estimate of drug-likeness (QED) is 0.493. The molecule has 0 aliphatic rings. The van der Waals surface area contributed by atoms with E-state index in [9.17, 15) is 0 Å². The highest BCUT2D eigenvalue weighted by molar-refractivity contribution is 6.17. The average Bonchev–Trinajstić information content (AvgIpc) is 2.57. The topological polar surface area (TPSA) is 38.1 Å². The van der Waals surface area contributed by atoms with Gasteiger partial charge in [-0.25, -0.2) is 4.98 Å². The summed E-state index contributed by atoms with van der Waals surface area (Å²) >= 11 is 5.53. The van der Waals surface area contributed by atoms with Crippen molar-refractivity contribution in [2.75, 3.05) is 12.5 Å². The highest BCUT2D eigenvalue weighted by Crippen LogP contribution is 2.16. The fraction of sp³-hybridized carbons (Fsp3) is 0.364. The molecule has 2 aromatic rings. The predicted molar refractivity (Wildman–Crippen MR) is 61.2 cm³/mol. The minimum atomic E-state index is 0.490. The summed E-state index contributed by atoms with van der Waals surface area (Å²) in [6, 6.07) is 6.58. The van der Waals surface area contributed by atoms with Crippen LogP contribution in [0.1, 0.15) is 11.5 Å². The van der Waals surface area contributed by atoms with Crippen LogP contribution in [-0.4, -0.2) is 17.5 Å². The van der Waals surface area contributed by atoms with E-state index < -0.39 is 0 Å². The van der Waals surface area contributed by atoms with Crippen molar-refractivity contribution in [1.29, 1.82) is 0 Å². The Morgan fingerprint density at radius 3 is 3.13 bits per heavy atom. The van der Waals surface area contributed by atoms with Crippen LogP contribution in [0.2, 0.25) is 0 Å². The van der Waals surface area contributed by atoms with Crippen molar-refractivity contribution >= 4 is 22.7 Å². The lowest BCUT2D eigenvalue weighted by Gasteiger charge is -2.00. The van der Waals surface area contributed by atoms with Crippen LogP contribution in [0.3, 0.4) is 0 Å². The fourth-order valence-corrected chi connectivity index (χ4v) is 1.67. The first-order valence-electron chi connectivity index (χ1n) is 4.92. The van der Waals surface area contributed by atoms with Crippen LogP contribution >= 0.6 is 11.6 Å². The molecule has 1 N–H and O–H groups in total. The molecule has 0 saturated heterocycles. The molecule has 15 heavy (non-hydrogen) atoms. The molecule has 0 radical (unpaired) electrons. The second-order valence-electron chi connectivity index (χ2n) is 3.42. The Morgan fingerprint density at radius 1 is 1.47 bits per heavy atom. The number of fused-ring (bicyclic) bond motifs is 1. The van der Waals surface area contributed by atoms with Crippen molar-refractivity contribution in [3.63, 3.8) is 0 Å². The van der Waals surface area contributed by atoms with E-state index in [1.165, 1.54) is 5.56 Å². The van der Waals surface area contributed by atoms with Crippen LogP contribution in [0.25, 0.3) is 11.1 Å². The zero-order valence-corrected chi connectivity index (χ0v) is 9.34. The van der Waals surface area contributed by atoms with Gasteiger partial charge in [-0.3, -0.25) is 0 Å². The molecule has 0 aliphatic heterocycles. The normalized spacial score (nSPS) is 11.1. The third-order valence-corrected chi connectivity index (χ3v) is 2.43. The van der Waals surface area contributed by atoms with Gasteiger partial charge in [-0.1, -0.05) is 6.07 Å². The number of aryl methyl sites for hydroxylation is 1. The molecule has 1 aromatic carbocycles. The lowest BCUT2D eigenvalue weighted by atomic mass is 10.1. The van der Waals surface area contributed by atoms with E-state index in [1.54, 1.807) is 0 Å². The van der Waals surface area contributed by atoms with Crippen LogP contribution in [0.4, 0.5) is 0 Å². The van der Waals surface area contributed by atoms with Gasteiger partial charge >= 0.3 is 0 Å². The van der Waals surface area contributed by atoms with E-state index in [0.29, 0.717) is 11.9 Å². The largest absolute Gasteiger partial charge is 0.441 e. The van der Waals surface area contributed by atoms with E-state index in [-0.39, 0.29) is 0 Å². The Morgan fingerprint density at radius 2 is 2.33 bits per heavy atom. The average molecular weight is 225 g/mol. The summed E-state index contributed by atoms with van der Waals surface area (Å²) in [5.41, 5.74) is 3.01. The molecule has 0 bridgehead atoms. The maximum atomic E-state index is 5.53. The number of alkyl halides is 1. The zero-order valence-electron chi connectivity index (χ0n) is 8.59. The Balaban J connectivity index is 2.15. The molecule has 0 atom stereocenters. The lowest BCUT2D eigenvalue weighted by Crippen LogP contribution is -2.14. The molecule has 1 aromatic heterocycles. The number of halogens is 1. The first kappa shape index (κ1) is 10.5. The molecule has 3 nitrogen and oxygen atoms in total. The summed E-state index contributed by atoms with van der Waals surface area (Å²) in [7, 11) is 0. The van der Waals surface area contributed by atoms with Gasteiger partial charge < -0.3 is 9.73 Å². The molecule has 80 valence electrons. The van der Waals surface area contributed by atoms with Crippen molar-refractivity contribution in [2.24, 2.45) is 0 Å². The van der Waals surface area contributed by atoms with E-state index >= 15 is 0 Å². The minimum absolute atomic E-state index is 0.490. The summed E-state index contributed by atoms with van der Waals surface area (Å²) in [5.74, 6) is 0.709. The molecule has 4 heteroatoms. The third-order valence-electron chi connectivity index (χ3n) is 2.24. The highest BCUT2D eigenvalue weighted by Gasteiger charge is 2.02. The molecule has 0 fully saturated rings. The summed E-state index contributed by atoms with van der Waals surface area (Å²) in [6.07, 6.45) is 0.947. The van der Waals surface area contributed by atoms with Gasteiger partial charge in [0.1, 0.15) is 5.52 Å². The Bertz CT molecular complexity index is 453. The molecule has 2 rings (SSSR count). The van der Waals surface area contributed by atoms with Crippen LogP contribution < -0.4 is 5.32 Å². The van der Waals surface area contributed by atoms with Crippen molar-refractivity contribution in [1.82, 2.24) is 10.3 Å². The van der Waals surface area contributed by atoms with Crippen LogP contribution in [0.15, 0.2) is 22.6 Å². The van der Waals surface area contributed by atoms with Crippen molar-refractivity contribution in [2.45, 2.75) is 13.3 Å². The number of rotatable bonds is 4. The van der Waals surface area contributed by atoms with E-state index in [2.05, 4.69) is 16.4 Å². The van der Waals surface area contributed by atoms with Gasteiger partial charge in [0.25, 0.3) is 0 Å². The van der Waals surface area contributed by atoms with Crippen molar-refractivity contribution in [3.8, 4) is 0 Å². The number of hydrogen-bond acceptors (Lipinski definition) is 3. The van der Waals surface area contributed by atoms with Crippen molar-refractivity contribution < 1.29 is 4.42 Å². The van der Waals surface area contributed by atoms with Crippen LogP contribution in [0, 0.1) is 6.92 Å². The van der Waals surface area contributed by atoms with E-state index in [0.717, 1.165) is 24.1 Å². The summed E-state index contributed by atoms with van der Waals surface area (Å²) in [6.45, 7) is 2.73.